The third-order valence-electron chi connectivity index (χ3n) is 6.44. The molecule has 184 valence electrons. The molecule has 8 nitrogen and oxygen atoms in total. The van der Waals surface area contributed by atoms with Gasteiger partial charge in [-0.3, -0.25) is 9.69 Å². The molecule has 1 aliphatic heterocycles. The highest BCUT2D eigenvalue weighted by molar-refractivity contribution is 5.98. The maximum Gasteiger partial charge on any atom is 0.319 e. The molecule has 0 aromatic heterocycles. The molecule has 33 heavy (non-hydrogen) atoms. The van der Waals surface area contributed by atoms with Gasteiger partial charge in [-0.2, -0.15) is 0 Å². The number of hydrogen-bond donors (Lipinski definition) is 2. The number of carbonyl (C=O) groups excluding carboxylic acids is 2. The number of fused-ring (bicyclic) bond motifs is 1. The number of carbonyl (C=O) groups is 2. The molecule has 1 aliphatic carbocycles. The Morgan fingerprint density at radius 1 is 1.24 bits per heavy atom. The van der Waals surface area contributed by atoms with Gasteiger partial charge in [-0.15, -0.1) is 0 Å². The van der Waals surface area contributed by atoms with Crippen LogP contribution in [0.1, 0.15) is 50.9 Å². The molecule has 2 N–H and O–H groups in total. The molecule has 0 unspecified atom stereocenters. The number of hydrogen-bond acceptors (Lipinski definition) is 5. The first-order valence-corrected chi connectivity index (χ1v) is 12.0. The van der Waals surface area contributed by atoms with Crippen LogP contribution in [-0.4, -0.2) is 80.3 Å². The summed E-state index contributed by atoms with van der Waals surface area (Å²) in [5.74, 6) is 1.40. The van der Waals surface area contributed by atoms with Crippen LogP contribution >= 0.6 is 0 Å². The van der Waals surface area contributed by atoms with E-state index in [1.54, 1.807) is 37.3 Å². The van der Waals surface area contributed by atoms with Gasteiger partial charge in [-0.1, -0.05) is 6.92 Å². The Labute approximate surface area is 198 Å². The number of likely N-dealkylation sites (N-methyl/N-ethyl adjacent to an activating group) is 1. The zero-order valence-electron chi connectivity index (χ0n) is 20.9. The molecule has 0 spiro atoms. The van der Waals surface area contributed by atoms with E-state index < -0.39 is 0 Å². The van der Waals surface area contributed by atoms with Crippen LogP contribution in [-0.2, 0) is 4.74 Å². The minimum Gasteiger partial charge on any atom is -0.491 e. The molecular formula is C25H40N4O4. The van der Waals surface area contributed by atoms with Crippen molar-refractivity contribution < 1.29 is 19.1 Å². The van der Waals surface area contributed by atoms with Crippen molar-refractivity contribution in [2.75, 3.05) is 45.7 Å². The monoisotopic (exact) mass is 460 g/mol. The summed E-state index contributed by atoms with van der Waals surface area (Å²) in [6, 6.07) is 5.12. The minimum absolute atomic E-state index is 0.0233. The average molecular weight is 461 g/mol. The maximum atomic E-state index is 13.3. The fraction of sp³-hybridized carbons (Fsp3) is 0.680. The fourth-order valence-corrected chi connectivity index (χ4v) is 4.24. The van der Waals surface area contributed by atoms with E-state index in [4.69, 9.17) is 9.47 Å². The van der Waals surface area contributed by atoms with E-state index in [1.807, 2.05) is 13.8 Å². The molecule has 1 aromatic carbocycles. The lowest BCUT2D eigenvalue weighted by Crippen LogP contribution is -2.47. The number of rotatable bonds is 5. The van der Waals surface area contributed by atoms with Crippen molar-refractivity contribution >= 4 is 17.6 Å². The van der Waals surface area contributed by atoms with Crippen molar-refractivity contribution in [3.8, 4) is 5.75 Å². The van der Waals surface area contributed by atoms with Gasteiger partial charge in [0.2, 0.25) is 0 Å². The Bertz CT molecular complexity index is 827. The number of ether oxygens (including phenoxy) is 2. The summed E-state index contributed by atoms with van der Waals surface area (Å²) in [5.41, 5.74) is 1.07. The van der Waals surface area contributed by atoms with Gasteiger partial charge in [0.05, 0.1) is 11.7 Å². The Balaban J connectivity index is 1.88. The molecule has 3 rings (SSSR count). The predicted molar refractivity (Wildman–Crippen MR) is 130 cm³/mol. The number of benzene rings is 1. The number of urea groups is 1. The Kier molecular flexibility index (Phi) is 8.59. The maximum absolute atomic E-state index is 13.3. The van der Waals surface area contributed by atoms with Crippen molar-refractivity contribution in [1.82, 2.24) is 15.1 Å². The van der Waals surface area contributed by atoms with Gasteiger partial charge in [-0.25, -0.2) is 4.79 Å². The lowest BCUT2D eigenvalue weighted by atomic mass is 10.0. The quantitative estimate of drug-likeness (QED) is 0.703. The second-order valence-electron chi connectivity index (χ2n) is 9.96. The molecular weight excluding hydrogens is 420 g/mol. The van der Waals surface area contributed by atoms with Crippen LogP contribution in [0.5, 0.6) is 5.75 Å². The molecule has 2 aliphatic rings. The lowest BCUT2D eigenvalue weighted by Gasteiger charge is -2.36. The van der Waals surface area contributed by atoms with Crippen molar-refractivity contribution in [3.05, 3.63) is 23.8 Å². The fourth-order valence-electron chi connectivity index (χ4n) is 4.24. The van der Waals surface area contributed by atoms with E-state index in [-0.39, 0.29) is 36.0 Å². The summed E-state index contributed by atoms with van der Waals surface area (Å²) in [4.78, 5) is 29.6. The van der Waals surface area contributed by atoms with Gasteiger partial charge in [-0.05, 0) is 57.6 Å². The van der Waals surface area contributed by atoms with Gasteiger partial charge in [0.1, 0.15) is 12.4 Å². The summed E-state index contributed by atoms with van der Waals surface area (Å²) in [6.45, 7) is 11.1. The highest BCUT2D eigenvalue weighted by atomic mass is 16.5. The van der Waals surface area contributed by atoms with E-state index in [1.165, 1.54) is 12.8 Å². The number of nitrogens with zero attached hydrogens (tertiary/aromatic N) is 2. The van der Waals surface area contributed by atoms with Crippen LogP contribution < -0.4 is 15.4 Å². The van der Waals surface area contributed by atoms with Crippen molar-refractivity contribution in [1.29, 1.82) is 0 Å². The number of amides is 3. The van der Waals surface area contributed by atoms with Gasteiger partial charge >= 0.3 is 6.03 Å². The van der Waals surface area contributed by atoms with Crippen molar-refractivity contribution in [2.24, 2.45) is 11.8 Å². The third kappa shape index (κ3) is 7.08. The molecule has 0 radical (unpaired) electrons. The van der Waals surface area contributed by atoms with Crippen LogP contribution in [0.4, 0.5) is 10.5 Å². The smallest absolute Gasteiger partial charge is 0.319 e. The molecule has 3 amide bonds. The summed E-state index contributed by atoms with van der Waals surface area (Å²) in [7, 11) is 3.51. The topological polar surface area (TPSA) is 83.1 Å². The largest absolute Gasteiger partial charge is 0.491 e. The Hall–Kier alpha value is -2.32. The molecule has 3 atom stereocenters. The van der Waals surface area contributed by atoms with Crippen molar-refractivity contribution in [2.45, 2.75) is 58.7 Å². The van der Waals surface area contributed by atoms with Crippen molar-refractivity contribution in [3.63, 3.8) is 0 Å². The summed E-state index contributed by atoms with van der Waals surface area (Å²) in [5, 5.41) is 5.64. The first-order valence-electron chi connectivity index (χ1n) is 12.0. The van der Waals surface area contributed by atoms with Crippen LogP contribution in [0.3, 0.4) is 0 Å². The van der Waals surface area contributed by atoms with Crippen LogP contribution in [0, 0.1) is 11.8 Å². The van der Waals surface area contributed by atoms with E-state index in [9.17, 15) is 9.59 Å². The second-order valence-corrected chi connectivity index (χ2v) is 9.96. The molecule has 0 bridgehead atoms. The van der Waals surface area contributed by atoms with Crippen LogP contribution in [0.2, 0.25) is 0 Å². The van der Waals surface area contributed by atoms with Gasteiger partial charge in [0.15, 0.2) is 0 Å². The highest BCUT2D eigenvalue weighted by Crippen LogP contribution is 2.32. The molecule has 1 heterocycles. The first-order chi connectivity index (χ1) is 15.7. The normalized spacial score (nSPS) is 25.0. The van der Waals surface area contributed by atoms with E-state index in [0.717, 1.165) is 19.0 Å². The SMILES string of the molecule is CO[C@@H]1CN(C)C(=O)c2ccc(NC(=O)NC(C)C)cc2OC[C@@H](C)N(CC2CC2)C[C@H]1C. The Morgan fingerprint density at radius 2 is 1.97 bits per heavy atom. The van der Waals surface area contributed by atoms with Crippen LogP contribution in [0.15, 0.2) is 18.2 Å². The zero-order valence-corrected chi connectivity index (χ0v) is 20.9. The summed E-state index contributed by atoms with van der Waals surface area (Å²) >= 11 is 0. The zero-order chi connectivity index (χ0) is 24.1. The average Bonchev–Trinajstić information content (AvgIpc) is 3.57. The molecule has 0 saturated heterocycles. The lowest BCUT2D eigenvalue weighted by molar-refractivity contribution is 0.00994. The number of anilines is 1. The second kappa shape index (κ2) is 11.2. The summed E-state index contributed by atoms with van der Waals surface area (Å²) < 4.78 is 12.0. The first kappa shape index (κ1) is 25.3. The van der Waals surface area contributed by atoms with E-state index in [0.29, 0.717) is 30.2 Å². The molecule has 8 heteroatoms. The molecule has 1 saturated carbocycles. The van der Waals surface area contributed by atoms with Gasteiger partial charge < -0.3 is 25.0 Å². The Morgan fingerprint density at radius 3 is 2.61 bits per heavy atom. The van der Waals surface area contributed by atoms with Gasteiger partial charge in [0, 0.05) is 57.6 Å². The van der Waals surface area contributed by atoms with Crippen LogP contribution in [0.25, 0.3) is 0 Å². The molecule has 1 fully saturated rings. The number of methoxy groups -OCH3 is 1. The van der Waals surface area contributed by atoms with Gasteiger partial charge in [0.25, 0.3) is 5.91 Å². The van der Waals surface area contributed by atoms with E-state index in [2.05, 4.69) is 29.4 Å². The standard InChI is InChI=1S/C25H40N4O4/c1-16(2)26-25(31)27-20-9-10-21-22(11-20)33-15-18(4)29(13-19-7-8-19)12-17(3)23(32-6)14-28(5)24(21)30/h9-11,16-19,23H,7-8,12-15H2,1-6H3,(H2,26,27,31)/t17-,18-,23-/m1/s1. The predicted octanol–water partition coefficient (Wildman–Crippen LogP) is 3.43. The molecule has 1 aromatic rings. The summed E-state index contributed by atoms with van der Waals surface area (Å²) in [6.07, 6.45) is 2.52. The minimum atomic E-state index is -0.289. The number of nitrogens with one attached hydrogen (secondary N) is 2. The third-order valence-corrected chi connectivity index (χ3v) is 6.44. The van der Waals surface area contributed by atoms with E-state index >= 15 is 0 Å². The highest BCUT2D eigenvalue weighted by Gasteiger charge is 2.31.